The van der Waals surface area contributed by atoms with Crippen molar-refractivity contribution in [2.75, 3.05) is 13.2 Å². The number of aliphatic hydroxyl groups excluding tert-OH is 1. The molecule has 1 saturated heterocycles. The number of amides is 1. The first-order valence-corrected chi connectivity index (χ1v) is 6.94. The normalized spacial score (nSPS) is 17.6. The van der Waals surface area contributed by atoms with E-state index in [1.165, 1.54) is 23.1 Å². The number of thiocarbonyl (C=S) groups is 1. The third-order valence-electron chi connectivity index (χ3n) is 2.45. The molecule has 1 amide bonds. The molecule has 3 nitrogen and oxygen atoms in total. The van der Waals surface area contributed by atoms with E-state index in [9.17, 15) is 9.18 Å². The van der Waals surface area contributed by atoms with Crippen molar-refractivity contribution >= 4 is 51.9 Å². The van der Waals surface area contributed by atoms with Gasteiger partial charge in [-0.2, -0.15) is 0 Å². The lowest BCUT2D eigenvalue weighted by molar-refractivity contribution is -0.122. The monoisotopic (exact) mass is 317 g/mol. The van der Waals surface area contributed by atoms with Crippen LogP contribution in [0.25, 0.3) is 6.08 Å². The van der Waals surface area contributed by atoms with E-state index in [1.54, 1.807) is 6.08 Å². The SMILES string of the molecule is O=C1C(=Cc2ccc(F)cc2Cl)SC(=S)N1CCO. The van der Waals surface area contributed by atoms with E-state index >= 15 is 0 Å². The molecule has 1 aromatic carbocycles. The molecule has 100 valence electrons. The first-order valence-electron chi connectivity index (χ1n) is 5.34. The standard InChI is InChI=1S/C12H9ClFNO2S2/c13-9-6-8(14)2-1-7(9)5-10-11(17)15(3-4-16)12(18)19-10/h1-2,5-6,16H,3-4H2. The Hall–Kier alpha value is -0.950. The van der Waals surface area contributed by atoms with Crippen LogP contribution in [0.5, 0.6) is 0 Å². The van der Waals surface area contributed by atoms with Crippen molar-refractivity contribution in [3.05, 3.63) is 39.5 Å². The molecule has 7 heteroatoms. The van der Waals surface area contributed by atoms with Crippen molar-refractivity contribution in [2.45, 2.75) is 0 Å². The van der Waals surface area contributed by atoms with Crippen molar-refractivity contribution < 1.29 is 14.3 Å². The molecule has 1 aliphatic rings. The molecule has 1 aliphatic heterocycles. The van der Waals surface area contributed by atoms with Gasteiger partial charge in [-0.05, 0) is 23.8 Å². The van der Waals surface area contributed by atoms with E-state index < -0.39 is 5.82 Å². The number of benzene rings is 1. The van der Waals surface area contributed by atoms with Crippen LogP contribution in [0.4, 0.5) is 4.39 Å². The van der Waals surface area contributed by atoms with Crippen LogP contribution >= 0.6 is 35.6 Å². The minimum absolute atomic E-state index is 0.156. The van der Waals surface area contributed by atoms with Gasteiger partial charge in [0.1, 0.15) is 10.1 Å². The van der Waals surface area contributed by atoms with E-state index in [0.29, 0.717) is 14.8 Å². The quantitative estimate of drug-likeness (QED) is 0.687. The van der Waals surface area contributed by atoms with Crippen LogP contribution in [0, 0.1) is 5.82 Å². The second kappa shape index (κ2) is 6.00. The maximum absolute atomic E-state index is 12.9. The number of halogens is 2. The zero-order chi connectivity index (χ0) is 14.0. The number of hydrogen-bond donors (Lipinski definition) is 1. The van der Waals surface area contributed by atoms with Gasteiger partial charge < -0.3 is 5.11 Å². The smallest absolute Gasteiger partial charge is 0.266 e. The lowest BCUT2D eigenvalue weighted by Crippen LogP contribution is -2.30. The Morgan fingerprint density at radius 2 is 2.26 bits per heavy atom. The summed E-state index contributed by atoms with van der Waals surface area (Å²) in [4.78, 5) is 13.7. The van der Waals surface area contributed by atoms with Gasteiger partial charge in [-0.1, -0.05) is 41.6 Å². The van der Waals surface area contributed by atoms with Gasteiger partial charge >= 0.3 is 0 Å². The Morgan fingerprint density at radius 3 is 2.89 bits per heavy atom. The van der Waals surface area contributed by atoms with Crippen molar-refractivity contribution in [1.29, 1.82) is 0 Å². The molecule has 0 bridgehead atoms. The van der Waals surface area contributed by atoms with Crippen molar-refractivity contribution in [3.8, 4) is 0 Å². The second-order valence-electron chi connectivity index (χ2n) is 3.72. The lowest BCUT2D eigenvalue weighted by atomic mass is 10.2. The van der Waals surface area contributed by atoms with Gasteiger partial charge in [0.2, 0.25) is 0 Å². The lowest BCUT2D eigenvalue weighted by Gasteiger charge is -2.11. The van der Waals surface area contributed by atoms with Crippen LogP contribution in [-0.2, 0) is 4.79 Å². The average Bonchev–Trinajstić information content (AvgIpc) is 2.61. The molecule has 0 unspecified atom stereocenters. The molecule has 0 atom stereocenters. The molecule has 0 spiro atoms. The molecular formula is C12H9ClFNO2S2. The van der Waals surface area contributed by atoms with Crippen LogP contribution in [0.2, 0.25) is 5.02 Å². The zero-order valence-corrected chi connectivity index (χ0v) is 12.0. The number of rotatable bonds is 3. The Kier molecular flexibility index (Phi) is 4.57. The highest BCUT2D eigenvalue weighted by Crippen LogP contribution is 2.33. The molecule has 0 radical (unpaired) electrons. The Balaban J connectivity index is 2.30. The van der Waals surface area contributed by atoms with Crippen LogP contribution < -0.4 is 0 Å². The average molecular weight is 318 g/mol. The summed E-state index contributed by atoms with van der Waals surface area (Å²) in [5.74, 6) is -0.709. The number of carbonyl (C=O) groups excluding carboxylic acids is 1. The van der Waals surface area contributed by atoms with Gasteiger partial charge in [0.25, 0.3) is 5.91 Å². The molecule has 0 aromatic heterocycles. The number of hydrogen-bond acceptors (Lipinski definition) is 4. The second-order valence-corrected chi connectivity index (χ2v) is 5.81. The van der Waals surface area contributed by atoms with Gasteiger partial charge in [0, 0.05) is 0 Å². The predicted octanol–water partition coefficient (Wildman–Crippen LogP) is 2.67. The summed E-state index contributed by atoms with van der Waals surface area (Å²) >= 11 is 12.1. The minimum Gasteiger partial charge on any atom is -0.395 e. The number of thioether (sulfide) groups is 1. The fraction of sp³-hybridized carbons (Fsp3) is 0.167. The van der Waals surface area contributed by atoms with Crippen molar-refractivity contribution in [1.82, 2.24) is 4.90 Å². The summed E-state index contributed by atoms with van der Waals surface area (Å²) in [6.45, 7) is 0.0101. The van der Waals surface area contributed by atoms with Gasteiger partial charge in [0.05, 0.1) is 23.1 Å². The molecule has 2 rings (SSSR count). The zero-order valence-electron chi connectivity index (χ0n) is 9.60. The van der Waals surface area contributed by atoms with Gasteiger partial charge in [-0.25, -0.2) is 4.39 Å². The molecule has 1 heterocycles. The maximum atomic E-state index is 12.9. The fourth-order valence-electron chi connectivity index (χ4n) is 1.55. The number of aliphatic hydroxyl groups is 1. The maximum Gasteiger partial charge on any atom is 0.266 e. The van der Waals surface area contributed by atoms with E-state index in [2.05, 4.69) is 0 Å². The van der Waals surface area contributed by atoms with Crippen LogP contribution in [-0.4, -0.2) is 33.4 Å². The van der Waals surface area contributed by atoms with E-state index in [0.717, 1.165) is 11.8 Å². The molecule has 19 heavy (non-hydrogen) atoms. The summed E-state index contributed by atoms with van der Waals surface area (Å²) in [5.41, 5.74) is 0.549. The largest absolute Gasteiger partial charge is 0.395 e. The van der Waals surface area contributed by atoms with Crippen LogP contribution in [0.3, 0.4) is 0 Å². The predicted molar refractivity (Wildman–Crippen MR) is 78.4 cm³/mol. The molecule has 0 saturated carbocycles. The highest BCUT2D eigenvalue weighted by Gasteiger charge is 2.31. The van der Waals surface area contributed by atoms with Gasteiger partial charge in [0.15, 0.2) is 0 Å². The molecular weight excluding hydrogens is 309 g/mol. The molecule has 0 aliphatic carbocycles. The van der Waals surface area contributed by atoms with E-state index in [-0.39, 0.29) is 24.1 Å². The number of carbonyl (C=O) groups is 1. The van der Waals surface area contributed by atoms with Gasteiger partial charge in [-0.3, -0.25) is 9.69 Å². The highest BCUT2D eigenvalue weighted by atomic mass is 35.5. The summed E-state index contributed by atoms with van der Waals surface area (Å²) in [6.07, 6.45) is 1.57. The van der Waals surface area contributed by atoms with Crippen molar-refractivity contribution in [3.63, 3.8) is 0 Å². The van der Waals surface area contributed by atoms with Gasteiger partial charge in [-0.15, -0.1) is 0 Å². The van der Waals surface area contributed by atoms with Crippen molar-refractivity contribution in [2.24, 2.45) is 0 Å². The van der Waals surface area contributed by atoms with Crippen LogP contribution in [0.1, 0.15) is 5.56 Å². The molecule has 1 aromatic rings. The third-order valence-corrected chi connectivity index (χ3v) is 4.15. The summed E-state index contributed by atoms with van der Waals surface area (Å²) in [5, 5.41) is 9.10. The summed E-state index contributed by atoms with van der Waals surface area (Å²) in [6, 6.07) is 3.95. The summed E-state index contributed by atoms with van der Waals surface area (Å²) < 4.78 is 13.3. The third kappa shape index (κ3) is 3.14. The first-order chi connectivity index (χ1) is 9.02. The Bertz CT molecular complexity index is 577. The van der Waals surface area contributed by atoms with E-state index in [4.69, 9.17) is 28.9 Å². The number of β-amino-alcohol motifs (C(OH)–C–C–N with tert-alkyl or cyclic N) is 1. The Labute approximate surface area is 124 Å². The highest BCUT2D eigenvalue weighted by molar-refractivity contribution is 8.26. The van der Waals surface area contributed by atoms with E-state index in [1.807, 2.05) is 0 Å². The topological polar surface area (TPSA) is 40.5 Å². The number of nitrogens with zero attached hydrogens (tertiary/aromatic N) is 1. The fourth-order valence-corrected chi connectivity index (χ4v) is 3.07. The summed E-state index contributed by atoms with van der Waals surface area (Å²) in [7, 11) is 0. The Morgan fingerprint density at radius 1 is 1.53 bits per heavy atom. The molecule has 1 N–H and O–H groups in total. The first kappa shape index (κ1) is 14.5. The van der Waals surface area contributed by atoms with Crippen LogP contribution in [0.15, 0.2) is 23.1 Å². The minimum atomic E-state index is -0.435. The molecule has 1 fully saturated rings.